The predicted molar refractivity (Wildman–Crippen MR) is 157 cm³/mol. The lowest BCUT2D eigenvalue weighted by molar-refractivity contribution is -0.385. The maximum absolute atomic E-state index is 12.5. The molecule has 2 saturated heterocycles. The van der Waals surface area contributed by atoms with Crippen LogP contribution in [-0.4, -0.2) is 66.8 Å². The van der Waals surface area contributed by atoms with E-state index >= 15 is 0 Å². The number of benzene rings is 2. The van der Waals surface area contributed by atoms with Gasteiger partial charge in [-0.2, -0.15) is 0 Å². The van der Waals surface area contributed by atoms with Crippen LogP contribution in [0, 0.1) is 16.0 Å². The zero-order chi connectivity index (χ0) is 29.1. The van der Waals surface area contributed by atoms with E-state index in [0.717, 1.165) is 17.0 Å². The normalized spacial score (nSPS) is 24.6. The number of ether oxygens (including phenoxy) is 2. The lowest BCUT2D eigenvalue weighted by atomic mass is 9.91. The van der Waals surface area contributed by atoms with Crippen LogP contribution in [0.3, 0.4) is 0 Å². The van der Waals surface area contributed by atoms with E-state index in [4.69, 9.17) is 9.47 Å². The van der Waals surface area contributed by atoms with E-state index in [0.29, 0.717) is 39.0 Å². The Morgan fingerprint density at radius 1 is 1.10 bits per heavy atom. The van der Waals surface area contributed by atoms with Crippen molar-refractivity contribution in [2.75, 3.05) is 26.5 Å². The molecule has 2 N–H and O–H groups in total. The number of aromatic nitrogens is 1. The van der Waals surface area contributed by atoms with Crippen LogP contribution in [0.1, 0.15) is 35.0 Å². The fraction of sp³-hybridized carbons (Fsp3) is 0.367. The monoisotopic (exact) mass is 591 g/mol. The van der Waals surface area contributed by atoms with Crippen molar-refractivity contribution < 1.29 is 23.2 Å². The zero-order valence-corrected chi connectivity index (χ0v) is 23.8. The van der Waals surface area contributed by atoms with Gasteiger partial charge in [-0.05, 0) is 36.6 Å². The Labute approximate surface area is 246 Å². The Bertz CT molecular complexity index is 1440. The highest BCUT2D eigenvalue weighted by Crippen LogP contribution is 2.40. The lowest BCUT2D eigenvalue weighted by Gasteiger charge is -2.45. The van der Waals surface area contributed by atoms with Gasteiger partial charge in [-0.25, -0.2) is 4.21 Å². The molecule has 6 rings (SSSR count). The van der Waals surface area contributed by atoms with Crippen LogP contribution in [0.15, 0.2) is 85.2 Å². The second kappa shape index (κ2) is 12.3. The smallest absolute Gasteiger partial charge is 0.275 e. The maximum Gasteiger partial charge on any atom is 0.275 e. The van der Waals surface area contributed by atoms with Gasteiger partial charge in [0.15, 0.2) is 16.8 Å². The van der Waals surface area contributed by atoms with E-state index < -0.39 is 27.1 Å². The summed E-state index contributed by atoms with van der Waals surface area (Å²) in [7, 11) is 0. The molecule has 3 aromatic rings. The molecule has 0 spiro atoms. The van der Waals surface area contributed by atoms with Crippen LogP contribution >= 0.6 is 0 Å². The number of hydrogen-bond donors (Lipinski definition) is 2. The van der Waals surface area contributed by atoms with E-state index in [-0.39, 0.29) is 30.1 Å². The fourth-order valence-corrected chi connectivity index (χ4v) is 7.16. The van der Waals surface area contributed by atoms with Gasteiger partial charge in [-0.1, -0.05) is 48.5 Å². The number of nitrogens with one attached hydrogen (secondary N) is 1. The molecule has 4 unspecified atom stereocenters. The molecule has 0 bridgehead atoms. The van der Waals surface area contributed by atoms with Crippen molar-refractivity contribution in [3.8, 4) is 0 Å². The third-order valence-corrected chi connectivity index (χ3v) is 9.22. The summed E-state index contributed by atoms with van der Waals surface area (Å²) in [5, 5.41) is 14.4. The molecule has 0 radical (unpaired) electrons. The van der Waals surface area contributed by atoms with Gasteiger partial charge in [0.1, 0.15) is 18.3 Å². The molecule has 11 nitrogen and oxygen atoms in total. The van der Waals surface area contributed by atoms with Crippen LogP contribution in [-0.2, 0) is 27.0 Å². The van der Waals surface area contributed by atoms with Crippen LogP contribution in [0.5, 0.6) is 0 Å². The number of rotatable bonds is 9. The van der Waals surface area contributed by atoms with Gasteiger partial charge < -0.3 is 24.2 Å². The van der Waals surface area contributed by atoms with E-state index in [1.165, 1.54) is 6.07 Å². The van der Waals surface area contributed by atoms with E-state index in [1.807, 2.05) is 41.3 Å². The van der Waals surface area contributed by atoms with Crippen molar-refractivity contribution in [1.82, 2.24) is 20.1 Å². The minimum Gasteiger partial charge on any atom is -0.362 e. The Balaban J connectivity index is 1.27. The number of nitro benzene ring substituents is 1. The average Bonchev–Trinajstić information content (AvgIpc) is 3.67. The Morgan fingerprint density at radius 3 is 2.50 bits per heavy atom. The van der Waals surface area contributed by atoms with Crippen LogP contribution in [0.2, 0.25) is 0 Å². The second-order valence-electron chi connectivity index (χ2n) is 10.8. The number of pyridine rings is 1. The molecular weight excluding hydrogens is 558 g/mol. The SMILES string of the molecule is O=[N+]([O-])c1ccccc1C(N1CCC(C2NC(c3ccccn3)=CN2C2(Cc3ccccc3)COCO2)CC1)S(=O)O. The largest absolute Gasteiger partial charge is 0.362 e. The van der Waals surface area contributed by atoms with E-state index in [9.17, 15) is 18.9 Å². The van der Waals surface area contributed by atoms with Gasteiger partial charge in [0.2, 0.25) is 0 Å². The summed E-state index contributed by atoms with van der Waals surface area (Å²) in [5.41, 5.74) is 2.21. The molecule has 2 aromatic carbocycles. The average molecular weight is 592 g/mol. The number of nitrogens with zero attached hydrogens (tertiary/aromatic N) is 4. The summed E-state index contributed by atoms with van der Waals surface area (Å²) in [6.07, 6.45) is 5.73. The molecular formula is C30H33N5O6S. The first kappa shape index (κ1) is 28.4. The highest BCUT2D eigenvalue weighted by molar-refractivity contribution is 7.79. The molecule has 3 aliphatic rings. The third-order valence-electron chi connectivity index (χ3n) is 8.29. The zero-order valence-electron chi connectivity index (χ0n) is 23.0. The maximum atomic E-state index is 12.5. The van der Waals surface area contributed by atoms with Gasteiger partial charge in [-0.15, -0.1) is 0 Å². The van der Waals surface area contributed by atoms with Gasteiger partial charge in [-0.3, -0.25) is 20.0 Å². The van der Waals surface area contributed by atoms with Gasteiger partial charge >= 0.3 is 0 Å². The molecule has 1 aromatic heterocycles. The highest BCUT2D eigenvalue weighted by Gasteiger charge is 2.49. The Morgan fingerprint density at radius 2 is 1.83 bits per heavy atom. The van der Waals surface area contributed by atoms with Crippen LogP contribution in [0.25, 0.3) is 5.70 Å². The summed E-state index contributed by atoms with van der Waals surface area (Å²) >= 11 is -2.32. The molecule has 3 aliphatic heterocycles. The van der Waals surface area contributed by atoms with E-state index in [2.05, 4.69) is 33.5 Å². The van der Waals surface area contributed by atoms with Crippen LogP contribution in [0.4, 0.5) is 5.69 Å². The standard InChI is InChI=1S/C30H33N5O6S/c36-35(37)27-12-5-4-10-24(27)29(42(38)39)33-16-13-23(14-17-33)28-32-26(25-11-6-7-15-31-25)19-34(28)30(20-40-21-41-30)18-22-8-2-1-3-9-22/h1-12,15,19,23,28-29,32H,13-14,16-18,20-21H2,(H,38,39). The first-order valence-corrected chi connectivity index (χ1v) is 15.1. The molecule has 2 fully saturated rings. The second-order valence-corrected chi connectivity index (χ2v) is 11.8. The number of likely N-dealkylation sites (tertiary alicyclic amines) is 1. The first-order chi connectivity index (χ1) is 20.4. The lowest BCUT2D eigenvalue weighted by Crippen LogP contribution is -2.58. The minimum absolute atomic E-state index is 0.140. The summed E-state index contributed by atoms with van der Waals surface area (Å²) < 4.78 is 35.0. The first-order valence-electron chi connectivity index (χ1n) is 14.0. The van der Waals surface area contributed by atoms with Crippen molar-refractivity contribution in [2.45, 2.75) is 36.5 Å². The van der Waals surface area contributed by atoms with Crippen molar-refractivity contribution in [3.63, 3.8) is 0 Å². The number of nitro groups is 1. The molecule has 0 amide bonds. The number of piperidine rings is 1. The Kier molecular flexibility index (Phi) is 8.31. The van der Waals surface area contributed by atoms with Gasteiger partial charge in [0.25, 0.3) is 5.69 Å². The van der Waals surface area contributed by atoms with Gasteiger partial charge in [0.05, 0.1) is 28.5 Å². The topological polar surface area (TPSA) is 130 Å². The molecule has 42 heavy (non-hydrogen) atoms. The quantitative estimate of drug-likeness (QED) is 0.213. The summed E-state index contributed by atoms with van der Waals surface area (Å²) in [5.74, 6) is 0.147. The van der Waals surface area contributed by atoms with E-state index in [1.54, 1.807) is 24.4 Å². The van der Waals surface area contributed by atoms with Crippen molar-refractivity contribution in [3.05, 3.63) is 112 Å². The molecule has 12 heteroatoms. The number of hydrogen-bond acceptors (Lipinski definition) is 9. The van der Waals surface area contributed by atoms with Gasteiger partial charge in [0, 0.05) is 43.9 Å². The fourth-order valence-electron chi connectivity index (χ4n) is 6.28. The summed E-state index contributed by atoms with van der Waals surface area (Å²) in [6.45, 7) is 1.60. The molecule has 4 heterocycles. The minimum atomic E-state index is -2.32. The molecule has 0 saturated carbocycles. The summed E-state index contributed by atoms with van der Waals surface area (Å²) in [6, 6.07) is 22.2. The summed E-state index contributed by atoms with van der Waals surface area (Å²) in [4.78, 5) is 19.9. The number of para-hydroxylation sites is 1. The molecule has 0 aliphatic carbocycles. The highest BCUT2D eigenvalue weighted by atomic mass is 32.2. The third kappa shape index (κ3) is 5.68. The Hall–Kier alpha value is -3.68. The van der Waals surface area contributed by atoms with Crippen molar-refractivity contribution >= 4 is 22.5 Å². The van der Waals surface area contributed by atoms with Crippen LogP contribution < -0.4 is 5.32 Å². The predicted octanol–water partition coefficient (Wildman–Crippen LogP) is 4.10. The van der Waals surface area contributed by atoms with Crippen molar-refractivity contribution in [1.29, 1.82) is 0 Å². The van der Waals surface area contributed by atoms with Crippen molar-refractivity contribution in [2.24, 2.45) is 5.92 Å². The molecule has 220 valence electrons. The molecule has 4 atom stereocenters.